The highest BCUT2D eigenvalue weighted by Gasteiger charge is 2.25. The van der Waals surface area contributed by atoms with E-state index in [1.54, 1.807) is 0 Å². The summed E-state index contributed by atoms with van der Waals surface area (Å²) < 4.78 is 0. The van der Waals surface area contributed by atoms with E-state index >= 15 is 0 Å². The molecule has 0 saturated carbocycles. The standard InChI is InChI=1S/C8H15N5.ClH/c1-6-11-7(9-2)12-8-10-4-3-5-13(6)8;/h6H,3-5H2,1-2H3,(H2,9,10,11,12);1H. The van der Waals surface area contributed by atoms with Crippen LogP contribution in [0.2, 0.25) is 0 Å². The fraction of sp³-hybridized carbons (Fsp3) is 0.750. The number of rotatable bonds is 0. The summed E-state index contributed by atoms with van der Waals surface area (Å²) in [6, 6.07) is 0. The van der Waals surface area contributed by atoms with E-state index in [1.807, 2.05) is 7.05 Å². The summed E-state index contributed by atoms with van der Waals surface area (Å²) in [6.07, 6.45) is 1.42. The molecule has 2 rings (SSSR count). The molecule has 2 aliphatic rings. The lowest BCUT2D eigenvalue weighted by Crippen LogP contribution is -2.57. The van der Waals surface area contributed by atoms with Gasteiger partial charge < -0.3 is 15.5 Å². The number of guanidine groups is 2. The zero-order valence-corrected chi connectivity index (χ0v) is 9.27. The molecular formula is C8H16ClN5. The van der Waals surface area contributed by atoms with Crippen LogP contribution in [0.25, 0.3) is 0 Å². The van der Waals surface area contributed by atoms with Crippen molar-refractivity contribution in [1.82, 2.24) is 15.5 Å². The number of nitrogens with zero attached hydrogens (tertiary/aromatic N) is 3. The van der Waals surface area contributed by atoms with Crippen molar-refractivity contribution in [3.05, 3.63) is 0 Å². The van der Waals surface area contributed by atoms with Crippen LogP contribution < -0.4 is 10.6 Å². The Bertz CT molecular complexity index is 262. The molecule has 0 bridgehead atoms. The van der Waals surface area contributed by atoms with Gasteiger partial charge in [-0.3, -0.25) is 4.99 Å². The summed E-state index contributed by atoms with van der Waals surface area (Å²) in [5.41, 5.74) is 0. The second kappa shape index (κ2) is 4.50. The third-order valence-electron chi connectivity index (χ3n) is 2.33. The van der Waals surface area contributed by atoms with Gasteiger partial charge in [-0.15, -0.1) is 12.4 Å². The van der Waals surface area contributed by atoms with Crippen molar-refractivity contribution in [3.63, 3.8) is 0 Å². The average Bonchev–Trinajstić information content (AvgIpc) is 2.18. The molecule has 0 amide bonds. The maximum Gasteiger partial charge on any atom is 0.225 e. The molecule has 14 heavy (non-hydrogen) atoms. The lowest BCUT2D eigenvalue weighted by molar-refractivity contribution is 0.285. The predicted molar refractivity (Wildman–Crippen MR) is 60.0 cm³/mol. The van der Waals surface area contributed by atoms with Crippen LogP contribution in [0.5, 0.6) is 0 Å². The van der Waals surface area contributed by atoms with E-state index in [0.29, 0.717) is 6.17 Å². The van der Waals surface area contributed by atoms with Gasteiger partial charge in [0.05, 0.1) is 0 Å². The van der Waals surface area contributed by atoms with Crippen LogP contribution in [0.3, 0.4) is 0 Å². The number of fused-ring (bicyclic) bond motifs is 1. The highest BCUT2D eigenvalue weighted by atomic mass is 35.5. The fourth-order valence-corrected chi connectivity index (χ4v) is 1.61. The van der Waals surface area contributed by atoms with Gasteiger partial charge in [-0.25, -0.2) is 0 Å². The van der Waals surface area contributed by atoms with E-state index in [9.17, 15) is 0 Å². The lowest BCUT2D eigenvalue weighted by atomic mass is 10.3. The summed E-state index contributed by atoms with van der Waals surface area (Å²) >= 11 is 0. The molecule has 1 unspecified atom stereocenters. The molecule has 0 fully saturated rings. The fourth-order valence-electron chi connectivity index (χ4n) is 1.61. The molecule has 0 radical (unpaired) electrons. The van der Waals surface area contributed by atoms with Gasteiger partial charge in [-0.1, -0.05) is 0 Å². The number of hydrogen-bond donors (Lipinski definition) is 2. The van der Waals surface area contributed by atoms with Crippen LogP contribution in [0.15, 0.2) is 9.98 Å². The van der Waals surface area contributed by atoms with Gasteiger partial charge in [0.15, 0.2) is 0 Å². The Kier molecular flexibility index (Phi) is 3.57. The number of aliphatic imine (C=N–C) groups is 2. The number of hydrogen-bond acceptors (Lipinski definition) is 5. The molecule has 2 heterocycles. The molecule has 6 heteroatoms. The van der Waals surface area contributed by atoms with E-state index in [2.05, 4.69) is 32.4 Å². The Labute approximate surface area is 90.1 Å². The largest absolute Gasteiger partial charge is 0.359 e. The smallest absolute Gasteiger partial charge is 0.225 e. The normalized spacial score (nSPS) is 25.0. The topological polar surface area (TPSA) is 52.0 Å². The lowest BCUT2D eigenvalue weighted by Gasteiger charge is -2.37. The molecular weight excluding hydrogens is 202 g/mol. The third kappa shape index (κ3) is 1.92. The van der Waals surface area contributed by atoms with Crippen LogP contribution in [-0.2, 0) is 0 Å². The van der Waals surface area contributed by atoms with Crippen molar-refractivity contribution < 1.29 is 0 Å². The Hall–Kier alpha value is -0.970. The summed E-state index contributed by atoms with van der Waals surface area (Å²) in [6.45, 7) is 4.07. The monoisotopic (exact) mass is 217 g/mol. The van der Waals surface area contributed by atoms with E-state index in [0.717, 1.165) is 31.4 Å². The van der Waals surface area contributed by atoms with Crippen molar-refractivity contribution in [3.8, 4) is 0 Å². The Morgan fingerprint density at radius 1 is 1.57 bits per heavy atom. The van der Waals surface area contributed by atoms with Crippen molar-refractivity contribution in [2.45, 2.75) is 19.5 Å². The van der Waals surface area contributed by atoms with Crippen LogP contribution in [0, 0.1) is 0 Å². The summed E-state index contributed by atoms with van der Waals surface area (Å²) in [5, 5.41) is 6.25. The summed E-state index contributed by atoms with van der Waals surface area (Å²) in [7, 11) is 1.86. The average molecular weight is 218 g/mol. The molecule has 5 nitrogen and oxygen atoms in total. The molecule has 2 N–H and O–H groups in total. The SMILES string of the molecule is CNC1=NC2=NCCCN2C(C)N1.Cl. The molecule has 0 spiro atoms. The minimum absolute atomic E-state index is 0. The number of halogens is 1. The van der Waals surface area contributed by atoms with Gasteiger partial charge >= 0.3 is 0 Å². The van der Waals surface area contributed by atoms with Gasteiger partial charge in [-0.05, 0) is 13.3 Å². The first-order valence-electron chi connectivity index (χ1n) is 4.65. The maximum atomic E-state index is 4.38. The highest BCUT2D eigenvalue weighted by molar-refractivity contribution is 5.97. The van der Waals surface area contributed by atoms with E-state index < -0.39 is 0 Å². The van der Waals surface area contributed by atoms with Crippen LogP contribution in [0.4, 0.5) is 0 Å². The van der Waals surface area contributed by atoms with Crippen LogP contribution >= 0.6 is 12.4 Å². The first-order valence-corrected chi connectivity index (χ1v) is 4.65. The van der Waals surface area contributed by atoms with Crippen molar-refractivity contribution >= 4 is 24.3 Å². The second-order valence-electron chi connectivity index (χ2n) is 3.26. The predicted octanol–water partition coefficient (Wildman–Crippen LogP) is -0.00550. The Morgan fingerprint density at radius 2 is 2.36 bits per heavy atom. The first-order chi connectivity index (χ1) is 6.31. The molecule has 1 atom stereocenters. The quantitative estimate of drug-likeness (QED) is 0.601. The van der Waals surface area contributed by atoms with Crippen molar-refractivity contribution in [1.29, 1.82) is 0 Å². The van der Waals surface area contributed by atoms with Crippen LogP contribution in [0.1, 0.15) is 13.3 Å². The van der Waals surface area contributed by atoms with Gasteiger partial charge in [0.1, 0.15) is 6.17 Å². The minimum Gasteiger partial charge on any atom is -0.359 e. The van der Waals surface area contributed by atoms with Gasteiger partial charge in [0, 0.05) is 20.1 Å². The molecule has 2 aliphatic heterocycles. The van der Waals surface area contributed by atoms with Crippen molar-refractivity contribution in [2.24, 2.45) is 9.98 Å². The van der Waals surface area contributed by atoms with Crippen LogP contribution in [-0.4, -0.2) is 43.1 Å². The van der Waals surface area contributed by atoms with Gasteiger partial charge in [-0.2, -0.15) is 4.99 Å². The summed E-state index contributed by atoms with van der Waals surface area (Å²) in [5.74, 6) is 1.67. The molecule has 0 aromatic rings. The maximum absolute atomic E-state index is 4.38. The zero-order valence-electron chi connectivity index (χ0n) is 8.45. The van der Waals surface area contributed by atoms with Gasteiger partial charge in [0.25, 0.3) is 0 Å². The molecule has 0 saturated heterocycles. The Balaban J connectivity index is 0.000000980. The zero-order chi connectivity index (χ0) is 9.26. The molecule has 0 aromatic heterocycles. The molecule has 80 valence electrons. The van der Waals surface area contributed by atoms with E-state index in [1.165, 1.54) is 0 Å². The second-order valence-corrected chi connectivity index (χ2v) is 3.26. The van der Waals surface area contributed by atoms with E-state index in [4.69, 9.17) is 0 Å². The Morgan fingerprint density at radius 3 is 3.07 bits per heavy atom. The minimum atomic E-state index is 0. The van der Waals surface area contributed by atoms with Crippen molar-refractivity contribution in [2.75, 3.05) is 20.1 Å². The first kappa shape index (κ1) is 11.1. The summed E-state index contributed by atoms with van der Waals surface area (Å²) in [4.78, 5) is 10.9. The third-order valence-corrected chi connectivity index (χ3v) is 2.33. The molecule has 0 aromatic carbocycles. The molecule has 0 aliphatic carbocycles. The number of nitrogens with one attached hydrogen (secondary N) is 2. The highest BCUT2D eigenvalue weighted by Crippen LogP contribution is 2.10. The van der Waals surface area contributed by atoms with Gasteiger partial charge in [0.2, 0.25) is 11.9 Å². The van der Waals surface area contributed by atoms with E-state index in [-0.39, 0.29) is 12.4 Å².